The predicted molar refractivity (Wildman–Crippen MR) is 190 cm³/mol. The highest BCUT2D eigenvalue weighted by molar-refractivity contribution is 6.26. The van der Waals surface area contributed by atoms with Gasteiger partial charge in [0, 0.05) is 10.8 Å². The lowest BCUT2D eigenvalue weighted by Crippen LogP contribution is -1.91. The van der Waals surface area contributed by atoms with E-state index in [9.17, 15) is 2.74 Å². The highest BCUT2D eigenvalue weighted by Gasteiger charge is 2.21. The van der Waals surface area contributed by atoms with Gasteiger partial charge in [0.25, 0.3) is 0 Å². The van der Waals surface area contributed by atoms with Crippen LogP contribution in [0.25, 0.3) is 88.0 Å². The molecule has 0 aliphatic heterocycles. The fourth-order valence-electron chi connectivity index (χ4n) is 6.81. The third-order valence-corrected chi connectivity index (χ3v) is 8.75. The minimum Gasteiger partial charge on any atom is -0.456 e. The van der Waals surface area contributed by atoms with Crippen LogP contribution in [0.5, 0.6) is 0 Å². The van der Waals surface area contributed by atoms with Gasteiger partial charge in [0.2, 0.25) is 0 Å². The number of hydrogen-bond donors (Lipinski definition) is 0. The fourth-order valence-corrected chi connectivity index (χ4v) is 6.81. The van der Waals surface area contributed by atoms with Crippen LogP contribution in [0, 0.1) is 0 Å². The Hall–Kier alpha value is -5.92. The van der Waals surface area contributed by atoms with Gasteiger partial charge < -0.3 is 4.42 Å². The van der Waals surface area contributed by atoms with Gasteiger partial charge in [0.1, 0.15) is 11.2 Å². The smallest absolute Gasteiger partial charge is 0.136 e. The van der Waals surface area contributed by atoms with Gasteiger partial charge in [-0.2, -0.15) is 0 Å². The molecule has 1 aromatic heterocycles. The first-order chi connectivity index (χ1) is 24.0. The number of furan rings is 1. The van der Waals surface area contributed by atoms with Crippen molar-refractivity contribution in [3.05, 3.63) is 170 Å². The Morgan fingerprint density at radius 1 is 0.333 bits per heavy atom. The molecule has 45 heavy (non-hydrogen) atoms. The molecule has 0 saturated carbocycles. The quantitative estimate of drug-likeness (QED) is 0.190. The first-order valence-corrected chi connectivity index (χ1v) is 15.1. The topological polar surface area (TPSA) is 13.1 Å². The van der Waals surface area contributed by atoms with E-state index >= 15 is 0 Å². The van der Waals surface area contributed by atoms with Gasteiger partial charge in [0.05, 0.1) is 5.48 Å². The van der Waals surface area contributed by atoms with Crippen molar-refractivity contribution in [2.75, 3.05) is 0 Å². The molecule has 0 aliphatic rings. The Morgan fingerprint density at radius 2 is 0.778 bits per heavy atom. The van der Waals surface area contributed by atoms with E-state index in [4.69, 9.17) is 7.16 Å². The minimum atomic E-state index is -0.0571. The van der Waals surface area contributed by atoms with Crippen molar-refractivity contribution in [2.24, 2.45) is 0 Å². The summed E-state index contributed by atoms with van der Waals surface area (Å²) in [6, 6.07) is 48.0. The highest BCUT2D eigenvalue weighted by Crippen LogP contribution is 2.48. The molecule has 0 bridgehead atoms. The van der Waals surface area contributed by atoms with Gasteiger partial charge in [-0.15, -0.1) is 0 Å². The molecular formula is C44H28O. The lowest BCUT2D eigenvalue weighted by Gasteiger charge is -2.18. The van der Waals surface area contributed by atoms with E-state index in [1.54, 1.807) is 0 Å². The van der Waals surface area contributed by atoms with Gasteiger partial charge in [-0.05, 0) is 78.2 Å². The van der Waals surface area contributed by atoms with Crippen LogP contribution < -0.4 is 0 Å². The monoisotopic (exact) mass is 576 g/mol. The molecule has 1 nitrogen and oxygen atoms in total. The molecule has 0 aliphatic carbocycles. The molecule has 0 spiro atoms. The molecule has 0 unspecified atom stereocenters. The summed E-state index contributed by atoms with van der Waals surface area (Å²) in [7, 11) is 0. The van der Waals surface area contributed by atoms with Crippen molar-refractivity contribution in [3.63, 3.8) is 0 Å². The van der Waals surface area contributed by atoms with E-state index in [1.165, 1.54) is 0 Å². The van der Waals surface area contributed by atoms with Crippen LogP contribution in [-0.4, -0.2) is 0 Å². The van der Waals surface area contributed by atoms with E-state index in [2.05, 4.69) is 48.5 Å². The summed E-state index contributed by atoms with van der Waals surface area (Å²) in [6.45, 7) is 0. The Kier molecular flexibility index (Phi) is 5.00. The Morgan fingerprint density at radius 3 is 1.36 bits per heavy atom. The SMILES string of the molecule is [2H]c1c([2H])c(-c2c3ccccc3c(-c3cccc4oc5cccc(-c6ccccc6)c5c34)c3ccccc23)c([2H])c([2H])c1-c1ccccc1. The van der Waals surface area contributed by atoms with Crippen LogP contribution >= 0.6 is 0 Å². The minimum absolute atomic E-state index is 0.0532. The van der Waals surface area contributed by atoms with Crippen molar-refractivity contribution in [1.82, 2.24) is 0 Å². The van der Waals surface area contributed by atoms with Crippen molar-refractivity contribution in [2.45, 2.75) is 0 Å². The van der Waals surface area contributed by atoms with Gasteiger partial charge in [-0.25, -0.2) is 0 Å². The molecule has 9 aromatic rings. The summed E-state index contributed by atoms with van der Waals surface area (Å²) in [6.07, 6.45) is 0. The molecule has 8 aromatic carbocycles. The summed E-state index contributed by atoms with van der Waals surface area (Å²) in [5, 5.41) is 5.71. The molecule has 0 N–H and O–H groups in total. The first-order valence-electron chi connectivity index (χ1n) is 17.1. The summed E-state index contributed by atoms with van der Waals surface area (Å²) in [5.41, 5.74) is 7.83. The largest absolute Gasteiger partial charge is 0.456 e. The van der Waals surface area contributed by atoms with Crippen molar-refractivity contribution in [3.8, 4) is 44.5 Å². The van der Waals surface area contributed by atoms with E-state index in [0.717, 1.165) is 65.7 Å². The van der Waals surface area contributed by atoms with Crippen LogP contribution in [0.1, 0.15) is 5.48 Å². The first kappa shape index (κ1) is 21.7. The molecular weight excluding hydrogens is 544 g/mol. The Bertz CT molecular complexity index is 2660. The van der Waals surface area contributed by atoms with Crippen molar-refractivity contribution < 1.29 is 9.90 Å². The molecule has 0 fully saturated rings. The maximum absolute atomic E-state index is 9.31. The lowest BCUT2D eigenvalue weighted by molar-refractivity contribution is 0.669. The normalized spacial score (nSPS) is 12.8. The van der Waals surface area contributed by atoms with E-state index in [0.29, 0.717) is 22.3 Å². The van der Waals surface area contributed by atoms with Crippen LogP contribution in [-0.2, 0) is 0 Å². The zero-order valence-electron chi connectivity index (χ0n) is 28.3. The van der Waals surface area contributed by atoms with Gasteiger partial charge in [-0.1, -0.05) is 158 Å². The number of fused-ring (bicyclic) bond motifs is 5. The molecule has 0 radical (unpaired) electrons. The van der Waals surface area contributed by atoms with Crippen LogP contribution in [0.4, 0.5) is 0 Å². The number of hydrogen-bond acceptors (Lipinski definition) is 1. The molecule has 1 heteroatoms. The summed E-state index contributed by atoms with van der Waals surface area (Å²) >= 11 is 0. The molecule has 210 valence electrons. The third kappa shape index (κ3) is 4.09. The standard InChI is InChI=1S/C44H28O/c1-3-13-29(14-4-1)30-25-27-32(28-26-30)41-34-17-7-9-19-36(34)42(37-20-10-8-18-35(37)41)38-22-12-24-40-44(38)43-33(21-11-23-39(43)45-40)31-15-5-2-6-16-31/h1-28H/i25D,26D,27D,28D. The summed E-state index contributed by atoms with van der Waals surface area (Å²) < 4.78 is 43.3. The zero-order valence-corrected chi connectivity index (χ0v) is 24.3. The van der Waals surface area contributed by atoms with Crippen molar-refractivity contribution in [1.29, 1.82) is 0 Å². The van der Waals surface area contributed by atoms with E-state index < -0.39 is 0 Å². The maximum Gasteiger partial charge on any atom is 0.136 e. The molecule has 9 rings (SSSR count). The molecule has 0 amide bonds. The second kappa shape index (κ2) is 10.4. The molecule has 1 heterocycles. The Labute approximate surface area is 267 Å². The number of benzene rings is 8. The second-order valence-corrected chi connectivity index (χ2v) is 11.3. The average molecular weight is 577 g/mol. The van der Waals surface area contributed by atoms with Crippen LogP contribution in [0.3, 0.4) is 0 Å². The average Bonchev–Trinajstić information content (AvgIpc) is 3.54. The van der Waals surface area contributed by atoms with Crippen LogP contribution in [0.2, 0.25) is 0 Å². The Balaban J connectivity index is 1.41. The molecule has 0 saturated heterocycles. The maximum atomic E-state index is 9.31. The van der Waals surface area contributed by atoms with Gasteiger partial charge in [0.15, 0.2) is 0 Å². The summed E-state index contributed by atoms with van der Waals surface area (Å²) in [4.78, 5) is 0. The second-order valence-electron chi connectivity index (χ2n) is 11.3. The van der Waals surface area contributed by atoms with E-state index in [-0.39, 0.29) is 24.2 Å². The fraction of sp³-hybridized carbons (Fsp3) is 0. The van der Waals surface area contributed by atoms with Crippen molar-refractivity contribution >= 4 is 43.5 Å². The third-order valence-electron chi connectivity index (χ3n) is 8.75. The van der Waals surface area contributed by atoms with Gasteiger partial charge >= 0.3 is 0 Å². The van der Waals surface area contributed by atoms with E-state index in [1.807, 2.05) is 97.1 Å². The predicted octanol–water partition coefficient (Wildman–Crippen LogP) is 12.6. The number of rotatable bonds is 4. The molecule has 0 atom stereocenters. The van der Waals surface area contributed by atoms with Gasteiger partial charge in [-0.3, -0.25) is 0 Å². The highest BCUT2D eigenvalue weighted by atomic mass is 16.3. The zero-order chi connectivity index (χ0) is 33.2. The summed E-state index contributed by atoms with van der Waals surface area (Å²) in [5.74, 6) is 0. The lowest BCUT2D eigenvalue weighted by atomic mass is 9.84. The van der Waals surface area contributed by atoms with Crippen LogP contribution in [0.15, 0.2) is 174 Å².